The molecule has 0 radical (unpaired) electrons. The fraction of sp³-hybridized carbons (Fsp3) is 0.0588. The fourth-order valence-corrected chi connectivity index (χ4v) is 2.10. The van der Waals surface area contributed by atoms with E-state index >= 15 is 0 Å². The summed E-state index contributed by atoms with van der Waals surface area (Å²) < 4.78 is 10.6. The normalized spacial score (nSPS) is 10.5. The molecule has 0 unspecified atom stereocenters. The molecule has 0 aliphatic rings. The summed E-state index contributed by atoms with van der Waals surface area (Å²) in [6.45, 7) is 0. The summed E-state index contributed by atoms with van der Waals surface area (Å²) in [4.78, 5) is 24.4. The molecule has 0 atom stereocenters. The number of carbonyl (C=O) groups excluding carboxylic acids is 1. The number of benzene rings is 2. The Bertz CT molecular complexity index is 860. The number of hydrogen-bond acceptors (Lipinski definition) is 4. The van der Waals surface area contributed by atoms with E-state index in [-0.39, 0.29) is 17.0 Å². The van der Waals surface area contributed by atoms with E-state index in [0.29, 0.717) is 22.3 Å². The summed E-state index contributed by atoms with van der Waals surface area (Å²) in [5.41, 5.74) is 0.616. The van der Waals surface area contributed by atoms with Gasteiger partial charge in [-0.25, -0.2) is 0 Å². The molecule has 0 fully saturated rings. The fourth-order valence-electron chi connectivity index (χ4n) is 2.10. The lowest BCUT2D eigenvalue weighted by molar-refractivity contribution is 0.101. The Morgan fingerprint density at radius 2 is 1.76 bits per heavy atom. The van der Waals surface area contributed by atoms with Crippen LogP contribution in [0.1, 0.15) is 16.1 Å². The number of carbonyl (C=O) groups is 1. The zero-order chi connectivity index (χ0) is 14.8. The molecule has 0 amide bonds. The van der Waals surface area contributed by atoms with Crippen LogP contribution < -0.4 is 10.2 Å². The SMILES string of the molecule is COc1ccc(C(=O)c2cc(=O)c3ccccc3o2)cc1. The first-order chi connectivity index (χ1) is 10.2. The second-order valence-corrected chi connectivity index (χ2v) is 4.53. The number of hydrogen-bond donors (Lipinski definition) is 0. The maximum absolute atomic E-state index is 12.4. The highest BCUT2D eigenvalue weighted by molar-refractivity contribution is 6.07. The summed E-state index contributed by atoms with van der Waals surface area (Å²) in [6, 6.07) is 14.7. The molecule has 1 aromatic heterocycles. The van der Waals surface area contributed by atoms with Gasteiger partial charge in [-0.3, -0.25) is 9.59 Å². The molecule has 4 nitrogen and oxygen atoms in total. The Labute approximate surface area is 120 Å². The maximum Gasteiger partial charge on any atom is 0.228 e. The van der Waals surface area contributed by atoms with E-state index < -0.39 is 0 Å². The number of ether oxygens (including phenoxy) is 1. The van der Waals surface area contributed by atoms with Crippen molar-refractivity contribution in [3.05, 3.63) is 76.1 Å². The predicted octanol–water partition coefficient (Wildman–Crippen LogP) is 3.03. The zero-order valence-corrected chi connectivity index (χ0v) is 11.3. The van der Waals surface area contributed by atoms with Crippen molar-refractivity contribution in [3.8, 4) is 5.75 Å². The monoisotopic (exact) mass is 280 g/mol. The van der Waals surface area contributed by atoms with Crippen LogP contribution >= 0.6 is 0 Å². The molecule has 21 heavy (non-hydrogen) atoms. The van der Waals surface area contributed by atoms with Crippen LogP contribution in [0.2, 0.25) is 0 Å². The molecule has 4 heteroatoms. The second kappa shape index (κ2) is 5.25. The van der Waals surface area contributed by atoms with Crippen molar-refractivity contribution >= 4 is 16.8 Å². The Kier molecular flexibility index (Phi) is 3.28. The number of ketones is 1. The van der Waals surface area contributed by atoms with Gasteiger partial charge in [-0.1, -0.05) is 12.1 Å². The van der Waals surface area contributed by atoms with Crippen LogP contribution in [0.15, 0.2) is 63.8 Å². The largest absolute Gasteiger partial charge is 0.497 e. The molecule has 3 rings (SSSR count). The van der Waals surface area contributed by atoms with Gasteiger partial charge in [0.1, 0.15) is 11.3 Å². The highest BCUT2D eigenvalue weighted by Gasteiger charge is 2.14. The van der Waals surface area contributed by atoms with Gasteiger partial charge in [0.05, 0.1) is 12.5 Å². The Hall–Kier alpha value is -2.88. The van der Waals surface area contributed by atoms with Gasteiger partial charge >= 0.3 is 0 Å². The third-order valence-electron chi connectivity index (χ3n) is 3.21. The zero-order valence-electron chi connectivity index (χ0n) is 11.3. The molecule has 104 valence electrons. The molecule has 2 aromatic carbocycles. The standard InChI is InChI=1S/C17H12O4/c1-20-12-8-6-11(7-9-12)17(19)16-10-14(18)13-4-2-3-5-15(13)21-16/h2-10H,1H3. The van der Waals surface area contributed by atoms with Gasteiger partial charge in [0.25, 0.3) is 0 Å². The molecule has 1 heterocycles. The van der Waals surface area contributed by atoms with E-state index in [0.717, 1.165) is 0 Å². The lowest BCUT2D eigenvalue weighted by Gasteiger charge is -2.04. The number of methoxy groups -OCH3 is 1. The van der Waals surface area contributed by atoms with Crippen molar-refractivity contribution in [2.45, 2.75) is 0 Å². The summed E-state index contributed by atoms with van der Waals surface area (Å²) >= 11 is 0. The Balaban J connectivity index is 2.06. The van der Waals surface area contributed by atoms with Gasteiger partial charge in [-0.15, -0.1) is 0 Å². The highest BCUT2D eigenvalue weighted by Crippen LogP contribution is 2.17. The second-order valence-electron chi connectivity index (χ2n) is 4.53. The molecule has 3 aromatic rings. The number of rotatable bonds is 3. The molecule has 0 saturated heterocycles. The molecule has 0 N–H and O–H groups in total. The smallest absolute Gasteiger partial charge is 0.228 e. The van der Waals surface area contributed by atoms with Crippen molar-refractivity contribution < 1.29 is 13.9 Å². The number of para-hydroxylation sites is 1. The molecular weight excluding hydrogens is 268 g/mol. The van der Waals surface area contributed by atoms with Crippen molar-refractivity contribution in [3.63, 3.8) is 0 Å². The molecule has 0 aliphatic carbocycles. The quantitative estimate of drug-likeness (QED) is 0.692. The van der Waals surface area contributed by atoms with Gasteiger partial charge in [-0.05, 0) is 36.4 Å². The van der Waals surface area contributed by atoms with Gasteiger partial charge in [-0.2, -0.15) is 0 Å². The first kappa shape index (κ1) is 13.1. The molecule has 0 spiro atoms. The van der Waals surface area contributed by atoms with Crippen LogP contribution in [0.5, 0.6) is 5.75 Å². The van der Waals surface area contributed by atoms with Crippen molar-refractivity contribution in [1.82, 2.24) is 0 Å². The van der Waals surface area contributed by atoms with Crippen LogP contribution in [-0.4, -0.2) is 12.9 Å². The van der Waals surface area contributed by atoms with Crippen LogP contribution in [0.25, 0.3) is 11.0 Å². The van der Waals surface area contributed by atoms with Crippen LogP contribution in [-0.2, 0) is 0 Å². The summed E-state index contributed by atoms with van der Waals surface area (Å²) in [7, 11) is 1.55. The minimum absolute atomic E-state index is 0.0314. The van der Waals surface area contributed by atoms with E-state index in [4.69, 9.17) is 9.15 Å². The lowest BCUT2D eigenvalue weighted by Crippen LogP contribution is -2.08. The van der Waals surface area contributed by atoms with Gasteiger partial charge in [0, 0.05) is 11.6 Å². The summed E-state index contributed by atoms with van der Waals surface area (Å²) in [6.07, 6.45) is 0. The van der Waals surface area contributed by atoms with E-state index in [1.807, 2.05) is 0 Å². The summed E-state index contributed by atoms with van der Waals surface area (Å²) in [5, 5.41) is 0.462. The Morgan fingerprint density at radius 3 is 2.48 bits per heavy atom. The summed E-state index contributed by atoms with van der Waals surface area (Å²) in [5.74, 6) is 0.357. The maximum atomic E-state index is 12.4. The molecule has 0 saturated carbocycles. The average molecular weight is 280 g/mol. The first-order valence-electron chi connectivity index (χ1n) is 6.40. The number of fused-ring (bicyclic) bond motifs is 1. The highest BCUT2D eigenvalue weighted by atomic mass is 16.5. The minimum atomic E-state index is -0.333. The predicted molar refractivity (Wildman–Crippen MR) is 78.9 cm³/mol. The topological polar surface area (TPSA) is 56.5 Å². The first-order valence-corrected chi connectivity index (χ1v) is 6.40. The van der Waals surface area contributed by atoms with Crippen molar-refractivity contribution in [2.24, 2.45) is 0 Å². The van der Waals surface area contributed by atoms with Crippen LogP contribution in [0.4, 0.5) is 0 Å². The van der Waals surface area contributed by atoms with E-state index in [1.54, 1.807) is 55.6 Å². The van der Waals surface area contributed by atoms with Gasteiger partial charge < -0.3 is 9.15 Å². The van der Waals surface area contributed by atoms with Gasteiger partial charge in [0.2, 0.25) is 5.78 Å². The third-order valence-corrected chi connectivity index (χ3v) is 3.21. The lowest BCUT2D eigenvalue weighted by atomic mass is 10.1. The molecule has 0 aliphatic heterocycles. The van der Waals surface area contributed by atoms with Crippen molar-refractivity contribution in [2.75, 3.05) is 7.11 Å². The third kappa shape index (κ3) is 2.43. The minimum Gasteiger partial charge on any atom is -0.497 e. The van der Waals surface area contributed by atoms with Crippen LogP contribution in [0.3, 0.4) is 0 Å². The van der Waals surface area contributed by atoms with E-state index in [2.05, 4.69) is 0 Å². The molecular formula is C17H12O4. The van der Waals surface area contributed by atoms with Gasteiger partial charge in [0.15, 0.2) is 11.2 Å². The van der Waals surface area contributed by atoms with E-state index in [1.165, 1.54) is 6.07 Å². The van der Waals surface area contributed by atoms with Crippen LogP contribution in [0, 0.1) is 0 Å². The van der Waals surface area contributed by atoms with Crippen molar-refractivity contribution in [1.29, 1.82) is 0 Å². The van der Waals surface area contributed by atoms with E-state index in [9.17, 15) is 9.59 Å². The molecule has 0 bridgehead atoms. The Morgan fingerprint density at radius 1 is 1.05 bits per heavy atom. The average Bonchev–Trinajstić information content (AvgIpc) is 2.54.